The van der Waals surface area contributed by atoms with Gasteiger partial charge in [0.1, 0.15) is 5.82 Å². The van der Waals surface area contributed by atoms with E-state index in [2.05, 4.69) is 15.1 Å². The fourth-order valence-electron chi connectivity index (χ4n) is 3.71. The van der Waals surface area contributed by atoms with Crippen molar-refractivity contribution in [3.05, 3.63) is 30.1 Å². The summed E-state index contributed by atoms with van der Waals surface area (Å²) >= 11 is 0. The molecule has 2 aliphatic rings. The number of anilines is 1. The minimum Gasteiger partial charge on any atom is -0.392 e. The van der Waals surface area contributed by atoms with Crippen molar-refractivity contribution in [1.82, 2.24) is 10.2 Å². The number of hydrogen-bond acceptors (Lipinski definition) is 4. The third-order valence-electron chi connectivity index (χ3n) is 5.15. The van der Waals surface area contributed by atoms with E-state index in [1.165, 1.54) is 12.1 Å². The van der Waals surface area contributed by atoms with Gasteiger partial charge in [0.15, 0.2) is 0 Å². The zero-order valence-electron chi connectivity index (χ0n) is 13.8. The average molecular weight is 321 g/mol. The molecule has 1 aromatic rings. The van der Waals surface area contributed by atoms with Gasteiger partial charge in [-0.25, -0.2) is 4.39 Å². The zero-order chi connectivity index (χ0) is 16.1. The molecule has 23 heavy (non-hydrogen) atoms. The predicted molar refractivity (Wildman–Crippen MR) is 91.3 cm³/mol. The van der Waals surface area contributed by atoms with E-state index >= 15 is 0 Å². The van der Waals surface area contributed by atoms with E-state index in [4.69, 9.17) is 0 Å². The maximum absolute atomic E-state index is 13.1. The highest BCUT2D eigenvalue weighted by molar-refractivity contribution is 5.46. The van der Waals surface area contributed by atoms with Crippen LogP contribution in [-0.2, 0) is 0 Å². The summed E-state index contributed by atoms with van der Waals surface area (Å²) in [6.45, 7) is 6.75. The van der Waals surface area contributed by atoms with Crippen molar-refractivity contribution in [3.63, 3.8) is 0 Å². The van der Waals surface area contributed by atoms with Gasteiger partial charge in [0.05, 0.1) is 6.10 Å². The van der Waals surface area contributed by atoms with Crippen LogP contribution in [0.1, 0.15) is 19.3 Å². The molecular formula is C18H28FN3O. The number of rotatable bonds is 4. The normalized spacial score (nSPS) is 22.8. The number of β-amino-alcohol motifs (C(OH)–C–C–N with tert-alkyl or cyclic N) is 1. The van der Waals surface area contributed by atoms with Crippen LogP contribution in [0, 0.1) is 11.7 Å². The summed E-state index contributed by atoms with van der Waals surface area (Å²) in [5.74, 6) is 0.253. The molecule has 0 aliphatic carbocycles. The number of nitrogens with one attached hydrogen (secondary N) is 1. The third kappa shape index (κ3) is 4.66. The molecular weight excluding hydrogens is 293 g/mol. The molecule has 2 N–H and O–H groups in total. The number of halogens is 1. The molecule has 1 atom stereocenters. The van der Waals surface area contributed by atoms with Crippen LogP contribution in [0.3, 0.4) is 0 Å². The van der Waals surface area contributed by atoms with Crippen LogP contribution in [0.4, 0.5) is 10.1 Å². The van der Waals surface area contributed by atoms with Crippen LogP contribution < -0.4 is 10.2 Å². The highest BCUT2D eigenvalue weighted by Gasteiger charge is 2.24. The van der Waals surface area contributed by atoms with Crippen molar-refractivity contribution >= 4 is 5.69 Å². The van der Waals surface area contributed by atoms with E-state index in [9.17, 15) is 9.50 Å². The van der Waals surface area contributed by atoms with E-state index in [-0.39, 0.29) is 11.9 Å². The Hall–Kier alpha value is -1.17. The minimum atomic E-state index is -0.213. The van der Waals surface area contributed by atoms with Gasteiger partial charge in [0.2, 0.25) is 0 Å². The first-order valence-electron chi connectivity index (χ1n) is 8.84. The molecule has 0 bridgehead atoms. The molecule has 1 aromatic carbocycles. The lowest BCUT2D eigenvalue weighted by Gasteiger charge is -2.31. The summed E-state index contributed by atoms with van der Waals surface area (Å²) in [5, 5.41) is 13.9. The lowest BCUT2D eigenvalue weighted by Crippen LogP contribution is -2.42. The summed E-state index contributed by atoms with van der Waals surface area (Å²) in [4.78, 5) is 4.70. The van der Waals surface area contributed by atoms with Crippen LogP contribution in [0.15, 0.2) is 24.3 Å². The summed E-state index contributed by atoms with van der Waals surface area (Å²) < 4.78 is 13.1. The first-order chi connectivity index (χ1) is 11.2. The van der Waals surface area contributed by atoms with E-state index in [1.54, 1.807) is 0 Å². The Morgan fingerprint density at radius 1 is 1.09 bits per heavy atom. The Balaban J connectivity index is 1.50. The van der Waals surface area contributed by atoms with Gasteiger partial charge in [-0.15, -0.1) is 0 Å². The van der Waals surface area contributed by atoms with Crippen molar-refractivity contribution in [2.45, 2.75) is 25.4 Å². The van der Waals surface area contributed by atoms with Crippen LogP contribution in [0.2, 0.25) is 0 Å². The largest absolute Gasteiger partial charge is 0.392 e. The maximum atomic E-state index is 13.1. The summed E-state index contributed by atoms with van der Waals surface area (Å²) in [7, 11) is 0. The molecule has 128 valence electrons. The number of aliphatic hydroxyl groups excluding tert-OH is 1. The maximum Gasteiger partial charge on any atom is 0.123 e. The lowest BCUT2D eigenvalue weighted by molar-refractivity contribution is 0.0525. The molecule has 2 saturated heterocycles. The van der Waals surface area contributed by atoms with Gasteiger partial charge in [-0.3, -0.25) is 4.90 Å². The molecule has 1 unspecified atom stereocenters. The van der Waals surface area contributed by atoms with E-state index < -0.39 is 0 Å². The molecule has 0 amide bonds. The Morgan fingerprint density at radius 2 is 1.83 bits per heavy atom. The van der Waals surface area contributed by atoms with Gasteiger partial charge >= 0.3 is 0 Å². The fraction of sp³-hybridized carbons (Fsp3) is 0.667. The molecule has 2 aliphatic heterocycles. The lowest BCUT2D eigenvalue weighted by atomic mass is 9.92. The number of benzene rings is 1. The predicted octanol–water partition coefficient (Wildman–Crippen LogP) is 1.70. The molecule has 0 spiro atoms. The number of nitrogens with zero attached hydrogens (tertiary/aromatic N) is 2. The second-order valence-electron chi connectivity index (χ2n) is 6.77. The summed E-state index contributed by atoms with van der Waals surface area (Å²) in [6, 6.07) is 6.77. The molecule has 3 rings (SSSR count). The van der Waals surface area contributed by atoms with Gasteiger partial charge in [-0.2, -0.15) is 0 Å². The number of aliphatic hydroxyl groups is 1. The highest BCUT2D eigenvalue weighted by Crippen LogP contribution is 2.20. The van der Waals surface area contributed by atoms with Crippen LogP contribution in [0.5, 0.6) is 0 Å². The molecule has 2 fully saturated rings. The number of hydrogen-bond donors (Lipinski definition) is 2. The monoisotopic (exact) mass is 321 g/mol. The van der Waals surface area contributed by atoms with E-state index in [0.717, 1.165) is 70.8 Å². The van der Waals surface area contributed by atoms with Gasteiger partial charge < -0.3 is 15.3 Å². The van der Waals surface area contributed by atoms with Crippen molar-refractivity contribution in [1.29, 1.82) is 0 Å². The summed E-state index contributed by atoms with van der Waals surface area (Å²) in [5.41, 5.74) is 1.09. The molecule has 4 nitrogen and oxygen atoms in total. The van der Waals surface area contributed by atoms with Crippen LogP contribution in [0.25, 0.3) is 0 Å². The van der Waals surface area contributed by atoms with E-state index in [0.29, 0.717) is 5.92 Å². The molecule has 5 heteroatoms. The Labute approximate surface area is 138 Å². The fourth-order valence-corrected chi connectivity index (χ4v) is 3.71. The van der Waals surface area contributed by atoms with Crippen molar-refractivity contribution in [2.24, 2.45) is 5.92 Å². The van der Waals surface area contributed by atoms with Crippen molar-refractivity contribution in [2.75, 3.05) is 50.7 Å². The van der Waals surface area contributed by atoms with Gasteiger partial charge in [-0.1, -0.05) is 0 Å². The highest BCUT2D eigenvalue weighted by atomic mass is 19.1. The van der Waals surface area contributed by atoms with Crippen LogP contribution >= 0.6 is 0 Å². The quantitative estimate of drug-likeness (QED) is 0.885. The van der Waals surface area contributed by atoms with Crippen molar-refractivity contribution < 1.29 is 9.50 Å². The summed E-state index contributed by atoms with van der Waals surface area (Å²) in [6.07, 6.45) is 3.03. The van der Waals surface area contributed by atoms with Gasteiger partial charge in [0, 0.05) is 31.9 Å². The Kier molecular flexibility index (Phi) is 5.86. The topological polar surface area (TPSA) is 38.7 Å². The average Bonchev–Trinajstić information content (AvgIpc) is 2.82. The van der Waals surface area contributed by atoms with Crippen molar-refractivity contribution in [3.8, 4) is 0 Å². The standard InChI is InChI=1S/C18H28FN3O/c19-16-2-4-17(5-3-16)22-11-1-10-21(12-13-22)14-18(23)15-6-8-20-9-7-15/h2-5,15,18,20,23H,1,6-14H2. The SMILES string of the molecule is OC(CN1CCCN(c2ccc(F)cc2)CC1)C1CCNCC1. The molecule has 0 saturated carbocycles. The Morgan fingerprint density at radius 3 is 2.57 bits per heavy atom. The molecule has 0 aromatic heterocycles. The van der Waals surface area contributed by atoms with E-state index in [1.807, 2.05) is 12.1 Å². The second kappa shape index (κ2) is 8.08. The first-order valence-corrected chi connectivity index (χ1v) is 8.84. The molecule has 2 heterocycles. The first kappa shape index (κ1) is 16.7. The number of piperidine rings is 1. The zero-order valence-corrected chi connectivity index (χ0v) is 13.8. The van der Waals surface area contributed by atoms with Gasteiger partial charge in [0.25, 0.3) is 0 Å². The smallest absolute Gasteiger partial charge is 0.123 e. The second-order valence-corrected chi connectivity index (χ2v) is 6.77. The molecule has 0 radical (unpaired) electrons. The Bertz CT molecular complexity index is 476. The minimum absolute atomic E-state index is 0.185. The third-order valence-corrected chi connectivity index (χ3v) is 5.15. The van der Waals surface area contributed by atoms with Gasteiger partial charge in [-0.05, 0) is 69.1 Å². The van der Waals surface area contributed by atoms with Crippen LogP contribution in [-0.4, -0.2) is 61.9 Å².